The minimum atomic E-state index is 0.729. The van der Waals surface area contributed by atoms with E-state index in [9.17, 15) is 0 Å². The fourth-order valence-corrected chi connectivity index (χ4v) is 3.92. The third kappa shape index (κ3) is 3.58. The number of pyridine rings is 1. The third-order valence-electron chi connectivity index (χ3n) is 5.00. The van der Waals surface area contributed by atoms with Crippen molar-refractivity contribution in [3.05, 3.63) is 30.1 Å². The van der Waals surface area contributed by atoms with Gasteiger partial charge in [0, 0.05) is 24.5 Å². The predicted octanol–water partition coefficient (Wildman–Crippen LogP) is 2.52. The number of nitrogens with one attached hydrogen (secondary N) is 2. The van der Waals surface area contributed by atoms with Crippen LogP contribution in [-0.2, 0) is 6.42 Å². The zero-order valence-electron chi connectivity index (χ0n) is 12.4. The van der Waals surface area contributed by atoms with Crippen molar-refractivity contribution >= 4 is 0 Å². The van der Waals surface area contributed by atoms with Gasteiger partial charge < -0.3 is 10.6 Å². The van der Waals surface area contributed by atoms with Gasteiger partial charge in [-0.3, -0.25) is 4.98 Å². The van der Waals surface area contributed by atoms with Gasteiger partial charge >= 0.3 is 0 Å². The van der Waals surface area contributed by atoms with E-state index in [2.05, 4.69) is 27.8 Å². The molecule has 0 radical (unpaired) electrons. The van der Waals surface area contributed by atoms with Crippen molar-refractivity contribution < 1.29 is 0 Å². The summed E-state index contributed by atoms with van der Waals surface area (Å²) >= 11 is 0. The van der Waals surface area contributed by atoms with Crippen LogP contribution in [0.15, 0.2) is 24.5 Å². The van der Waals surface area contributed by atoms with E-state index in [4.69, 9.17) is 0 Å². The first-order chi connectivity index (χ1) is 9.93. The minimum absolute atomic E-state index is 0.729. The maximum Gasteiger partial charge on any atom is 0.0270 e. The monoisotopic (exact) mass is 273 g/mol. The van der Waals surface area contributed by atoms with Crippen LogP contribution in [0.3, 0.4) is 0 Å². The highest BCUT2D eigenvalue weighted by Gasteiger charge is 2.33. The Balaban J connectivity index is 1.46. The summed E-state index contributed by atoms with van der Waals surface area (Å²) in [6, 6.07) is 5.74. The molecular formula is C17H27N3. The molecule has 0 bridgehead atoms. The highest BCUT2D eigenvalue weighted by Crippen LogP contribution is 2.31. The minimum Gasteiger partial charge on any atom is -0.314 e. The Bertz CT molecular complexity index is 386. The molecule has 3 heteroatoms. The second-order valence-corrected chi connectivity index (χ2v) is 6.32. The largest absolute Gasteiger partial charge is 0.314 e. The van der Waals surface area contributed by atoms with E-state index in [0.717, 1.165) is 31.0 Å². The Morgan fingerprint density at radius 3 is 2.80 bits per heavy atom. The molecule has 3 atom stereocenters. The quantitative estimate of drug-likeness (QED) is 0.865. The lowest BCUT2D eigenvalue weighted by Crippen LogP contribution is -2.47. The van der Waals surface area contributed by atoms with Crippen LogP contribution in [0.5, 0.6) is 0 Å². The lowest BCUT2D eigenvalue weighted by Gasteiger charge is -2.33. The van der Waals surface area contributed by atoms with E-state index in [1.54, 1.807) is 0 Å². The number of piperidine rings is 1. The van der Waals surface area contributed by atoms with Crippen molar-refractivity contribution in [2.45, 2.75) is 57.0 Å². The lowest BCUT2D eigenvalue weighted by atomic mass is 9.88. The fourth-order valence-electron chi connectivity index (χ4n) is 3.92. The normalized spacial score (nSPS) is 30.5. The molecule has 1 aromatic rings. The maximum absolute atomic E-state index is 4.08. The number of hydrogen-bond acceptors (Lipinski definition) is 3. The first-order valence-electron chi connectivity index (χ1n) is 8.29. The molecule has 1 aliphatic carbocycles. The molecular weight excluding hydrogens is 246 g/mol. The zero-order valence-corrected chi connectivity index (χ0v) is 12.4. The van der Waals surface area contributed by atoms with Gasteiger partial charge in [0.1, 0.15) is 0 Å². The summed E-state index contributed by atoms with van der Waals surface area (Å²) in [6.07, 6.45) is 13.2. The van der Waals surface area contributed by atoms with Gasteiger partial charge in [0.05, 0.1) is 0 Å². The second kappa shape index (κ2) is 7.19. The van der Waals surface area contributed by atoms with Crippen molar-refractivity contribution in [3.8, 4) is 0 Å². The molecule has 1 saturated heterocycles. The summed E-state index contributed by atoms with van der Waals surface area (Å²) in [4.78, 5) is 4.08. The lowest BCUT2D eigenvalue weighted by molar-refractivity contribution is 0.258. The van der Waals surface area contributed by atoms with Gasteiger partial charge in [0.25, 0.3) is 0 Å². The molecule has 20 heavy (non-hydrogen) atoms. The molecule has 1 saturated carbocycles. The van der Waals surface area contributed by atoms with E-state index >= 15 is 0 Å². The molecule has 3 nitrogen and oxygen atoms in total. The van der Waals surface area contributed by atoms with Crippen molar-refractivity contribution in [1.29, 1.82) is 0 Å². The molecule has 3 unspecified atom stereocenters. The number of nitrogens with zero attached hydrogens (tertiary/aromatic N) is 1. The van der Waals surface area contributed by atoms with E-state index in [1.165, 1.54) is 50.6 Å². The average Bonchev–Trinajstić information content (AvgIpc) is 2.98. The highest BCUT2D eigenvalue weighted by atomic mass is 15.0. The SMILES string of the molecule is c1cc(CCNC2CCCC2C2CCCCN2)ccn1. The molecule has 2 fully saturated rings. The Labute approximate surface area is 122 Å². The predicted molar refractivity (Wildman–Crippen MR) is 82.7 cm³/mol. The van der Waals surface area contributed by atoms with Crippen LogP contribution in [0.25, 0.3) is 0 Å². The van der Waals surface area contributed by atoms with Gasteiger partial charge in [-0.1, -0.05) is 12.8 Å². The Morgan fingerprint density at radius 1 is 1.10 bits per heavy atom. The summed E-state index contributed by atoms with van der Waals surface area (Å²) in [6.45, 7) is 2.32. The first kappa shape index (κ1) is 14.0. The van der Waals surface area contributed by atoms with Crippen LogP contribution >= 0.6 is 0 Å². The fraction of sp³-hybridized carbons (Fsp3) is 0.706. The molecule has 0 aromatic carbocycles. The molecule has 0 amide bonds. The van der Waals surface area contributed by atoms with Crippen LogP contribution in [0.4, 0.5) is 0 Å². The van der Waals surface area contributed by atoms with E-state index in [0.29, 0.717) is 0 Å². The maximum atomic E-state index is 4.08. The second-order valence-electron chi connectivity index (χ2n) is 6.32. The van der Waals surface area contributed by atoms with Crippen molar-refractivity contribution in [1.82, 2.24) is 15.6 Å². The van der Waals surface area contributed by atoms with Crippen LogP contribution in [-0.4, -0.2) is 30.2 Å². The molecule has 110 valence electrons. The first-order valence-corrected chi connectivity index (χ1v) is 8.29. The summed E-state index contributed by atoms with van der Waals surface area (Å²) in [5.74, 6) is 0.854. The summed E-state index contributed by atoms with van der Waals surface area (Å²) in [5.41, 5.74) is 1.39. The molecule has 2 aliphatic rings. The standard InChI is InChI=1S/C17H27N3/c1-2-10-19-16(5-1)15-4-3-6-17(15)20-13-9-14-7-11-18-12-8-14/h7-8,11-12,15-17,19-20H,1-6,9-10,13H2. The molecule has 2 N–H and O–H groups in total. The molecule has 1 aliphatic heterocycles. The molecule has 3 rings (SSSR count). The number of hydrogen-bond donors (Lipinski definition) is 2. The Morgan fingerprint density at radius 2 is 2.00 bits per heavy atom. The topological polar surface area (TPSA) is 37.0 Å². The summed E-state index contributed by atoms with van der Waals surface area (Å²) in [7, 11) is 0. The molecule has 2 heterocycles. The number of rotatable bonds is 5. The van der Waals surface area contributed by atoms with Crippen LogP contribution < -0.4 is 10.6 Å². The Hall–Kier alpha value is -0.930. The smallest absolute Gasteiger partial charge is 0.0270 e. The van der Waals surface area contributed by atoms with E-state index < -0.39 is 0 Å². The van der Waals surface area contributed by atoms with Crippen LogP contribution in [0.2, 0.25) is 0 Å². The Kier molecular flexibility index (Phi) is 5.04. The van der Waals surface area contributed by atoms with Crippen molar-refractivity contribution in [2.75, 3.05) is 13.1 Å². The summed E-state index contributed by atoms with van der Waals surface area (Å²) < 4.78 is 0. The van der Waals surface area contributed by atoms with Gasteiger partial charge in [0.2, 0.25) is 0 Å². The van der Waals surface area contributed by atoms with Gasteiger partial charge in [-0.25, -0.2) is 0 Å². The number of aromatic nitrogens is 1. The van der Waals surface area contributed by atoms with Gasteiger partial charge in [-0.2, -0.15) is 0 Å². The van der Waals surface area contributed by atoms with Crippen LogP contribution in [0, 0.1) is 5.92 Å². The average molecular weight is 273 g/mol. The highest BCUT2D eigenvalue weighted by molar-refractivity contribution is 5.10. The van der Waals surface area contributed by atoms with Gasteiger partial charge in [0.15, 0.2) is 0 Å². The van der Waals surface area contributed by atoms with Crippen LogP contribution in [0.1, 0.15) is 44.1 Å². The summed E-state index contributed by atoms with van der Waals surface area (Å²) in [5, 5.41) is 7.57. The molecule has 1 aromatic heterocycles. The van der Waals surface area contributed by atoms with Crippen molar-refractivity contribution in [2.24, 2.45) is 5.92 Å². The zero-order chi connectivity index (χ0) is 13.6. The van der Waals surface area contributed by atoms with E-state index in [1.807, 2.05) is 12.4 Å². The van der Waals surface area contributed by atoms with Crippen molar-refractivity contribution in [3.63, 3.8) is 0 Å². The molecule has 0 spiro atoms. The third-order valence-corrected chi connectivity index (χ3v) is 5.00. The van der Waals surface area contributed by atoms with Gasteiger partial charge in [-0.15, -0.1) is 0 Å². The van der Waals surface area contributed by atoms with Gasteiger partial charge in [-0.05, 0) is 68.8 Å². The van der Waals surface area contributed by atoms with E-state index in [-0.39, 0.29) is 0 Å².